The molecule has 3 N–H and O–H groups in total. The molecule has 0 aliphatic heterocycles. The van der Waals surface area contributed by atoms with E-state index < -0.39 is 0 Å². The molecule has 1 saturated carbocycles. The molecular formula is C22H36FIN4O2. The fraction of sp³-hybridized carbons (Fsp3) is 0.636. The number of hydrogen-bond donors (Lipinski definition) is 3. The smallest absolute Gasteiger partial charge is 0.251 e. The molecule has 8 heteroatoms. The van der Waals surface area contributed by atoms with E-state index in [1.165, 1.54) is 31.7 Å². The Hall–Kier alpha value is -1.42. The number of carbonyl (C=O) groups excluding carboxylic acids is 1. The molecule has 1 aliphatic carbocycles. The number of nitrogens with zero attached hydrogens (tertiary/aromatic N) is 1. The van der Waals surface area contributed by atoms with Gasteiger partial charge in [0, 0.05) is 45.5 Å². The van der Waals surface area contributed by atoms with E-state index >= 15 is 0 Å². The molecule has 0 spiro atoms. The monoisotopic (exact) mass is 534 g/mol. The average molecular weight is 534 g/mol. The summed E-state index contributed by atoms with van der Waals surface area (Å²) >= 11 is 0. The number of hydrogen-bond acceptors (Lipinski definition) is 3. The molecular weight excluding hydrogens is 498 g/mol. The van der Waals surface area contributed by atoms with E-state index in [9.17, 15) is 9.18 Å². The van der Waals surface area contributed by atoms with Gasteiger partial charge in [0.05, 0.1) is 0 Å². The number of rotatable bonds is 10. The van der Waals surface area contributed by atoms with E-state index in [-0.39, 0.29) is 41.1 Å². The molecule has 1 amide bonds. The zero-order valence-electron chi connectivity index (χ0n) is 18.4. The van der Waals surface area contributed by atoms with Gasteiger partial charge in [0.25, 0.3) is 5.91 Å². The van der Waals surface area contributed by atoms with E-state index in [1.807, 2.05) is 6.92 Å². The zero-order chi connectivity index (χ0) is 21.1. The summed E-state index contributed by atoms with van der Waals surface area (Å²) in [6.07, 6.45) is 6.03. The number of aliphatic imine (C=N–C) groups is 1. The average Bonchev–Trinajstić information content (AvgIpc) is 3.18. The summed E-state index contributed by atoms with van der Waals surface area (Å²) in [4.78, 5) is 16.4. The van der Waals surface area contributed by atoms with E-state index in [0.717, 1.165) is 32.1 Å². The topological polar surface area (TPSA) is 74.8 Å². The van der Waals surface area contributed by atoms with Gasteiger partial charge in [-0.1, -0.05) is 18.9 Å². The van der Waals surface area contributed by atoms with Gasteiger partial charge in [-0.05, 0) is 56.2 Å². The summed E-state index contributed by atoms with van der Waals surface area (Å²) in [5.74, 6) is 0.0725. The van der Waals surface area contributed by atoms with Gasteiger partial charge in [-0.3, -0.25) is 9.79 Å². The van der Waals surface area contributed by atoms with Crippen LogP contribution in [0.4, 0.5) is 4.39 Å². The minimum absolute atomic E-state index is 0. The van der Waals surface area contributed by atoms with Crippen LogP contribution in [0.25, 0.3) is 0 Å². The lowest BCUT2D eigenvalue weighted by Gasteiger charge is -2.30. The molecule has 0 unspecified atom stereocenters. The summed E-state index contributed by atoms with van der Waals surface area (Å²) in [5.41, 5.74) is 1.13. The van der Waals surface area contributed by atoms with Crippen LogP contribution >= 0.6 is 24.0 Å². The van der Waals surface area contributed by atoms with E-state index in [2.05, 4.69) is 20.9 Å². The molecule has 30 heavy (non-hydrogen) atoms. The van der Waals surface area contributed by atoms with Crippen molar-refractivity contribution in [1.82, 2.24) is 16.0 Å². The largest absolute Gasteiger partial charge is 0.382 e. The van der Waals surface area contributed by atoms with Crippen molar-refractivity contribution in [3.05, 3.63) is 35.1 Å². The number of amides is 1. The maximum Gasteiger partial charge on any atom is 0.251 e. The van der Waals surface area contributed by atoms with E-state index in [0.29, 0.717) is 24.2 Å². The van der Waals surface area contributed by atoms with Gasteiger partial charge in [0.15, 0.2) is 5.96 Å². The van der Waals surface area contributed by atoms with Crippen molar-refractivity contribution >= 4 is 35.8 Å². The van der Waals surface area contributed by atoms with Gasteiger partial charge < -0.3 is 20.7 Å². The summed E-state index contributed by atoms with van der Waals surface area (Å²) in [6.45, 7) is 7.08. The number of nitrogens with one attached hydrogen (secondary N) is 3. The summed E-state index contributed by atoms with van der Waals surface area (Å²) in [5, 5.41) is 9.45. The van der Waals surface area contributed by atoms with Crippen LogP contribution in [0.5, 0.6) is 0 Å². The molecule has 1 fully saturated rings. The molecule has 0 aromatic heterocycles. The van der Waals surface area contributed by atoms with Crippen molar-refractivity contribution < 1.29 is 13.9 Å². The van der Waals surface area contributed by atoms with Crippen LogP contribution < -0.4 is 16.0 Å². The summed E-state index contributed by atoms with van der Waals surface area (Å²) in [7, 11) is 1.74. The second-order valence-electron chi connectivity index (χ2n) is 7.73. The van der Waals surface area contributed by atoms with Crippen molar-refractivity contribution in [1.29, 1.82) is 0 Å². The second-order valence-corrected chi connectivity index (χ2v) is 7.73. The lowest BCUT2D eigenvalue weighted by Crippen LogP contribution is -2.45. The van der Waals surface area contributed by atoms with Crippen LogP contribution in [-0.4, -0.2) is 51.8 Å². The molecule has 0 bridgehead atoms. The molecule has 6 nitrogen and oxygen atoms in total. The normalized spacial score (nSPS) is 15.4. The van der Waals surface area contributed by atoms with Crippen LogP contribution in [-0.2, 0) is 4.74 Å². The summed E-state index contributed by atoms with van der Waals surface area (Å²) in [6, 6.07) is 4.51. The Morgan fingerprint density at radius 3 is 2.53 bits per heavy atom. The molecule has 1 aromatic rings. The highest BCUT2D eigenvalue weighted by atomic mass is 127. The Morgan fingerprint density at radius 2 is 1.90 bits per heavy atom. The Morgan fingerprint density at radius 1 is 1.20 bits per heavy atom. The Kier molecular flexibility index (Phi) is 12.2. The number of ether oxygens (including phenoxy) is 1. The van der Waals surface area contributed by atoms with Gasteiger partial charge in [0.2, 0.25) is 0 Å². The molecule has 1 aromatic carbocycles. The lowest BCUT2D eigenvalue weighted by molar-refractivity contribution is 0.0954. The quantitative estimate of drug-likeness (QED) is 0.186. The van der Waals surface area contributed by atoms with Gasteiger partial charge in [0.1, 0.15) is 5.82 Å². The number of guanidine groups is 1. The number of carbonyl (C=O) groups is 1. The third-order valence-corrected chi connectivity index (χ3v) is 5.64. The molecule has 1 aliphatic rings. The van der Waals surface area contributed by atoms with E-state index in [4.69, 9.17) is 4.74 Å². The highest BCUT2D eigenvalue weighted by Gasteiger charge is 2.33. The van der Waals surface area contributed by atoms with Crippen molar-refractivity contribution in [2.45, 2.75) is 46.0 Å². The highest BCUT2D eigenvalue weighted by molar-refractivity contribution is 14.0. The van der Waals surface area contributed by atoms with Gasteiger partial charge in [-0.25, -0.2) is 4.39 Å². The van der Waals surface area contributed by atoms with Crippen molar-refractivity contribution in [3.63, 3.8) is 0 Å². The molecule has 2 rings (SSSR count). The fourth-order valence-corrected chi connectivity index (χ4v) is 3.76. The second kappa shape index (κ2) is 13.8. The first-order valence-electron chi connectivity index (χ1n) is 10.6. The van der Waals surface area contributed by atoms with Crippen molar-refractivity contribution in [3.8, 4) is 0 Å². The third-order valence-electron chi connectivity index (χ3n) is 5.64. The zero-order valence-corrected chi connectivity index (χ0v) is 20.7. The number of aryl methyl sites for hydroxylation is 1. The first-order chi connectivity index (χ1) is 14.0. The van der Waals surface area contributed by atoms with Gasteiger partial charge in [-0.2, -0.15) is 0 Å². The van der Waals surface area contributed by atoms with Gasteiger partial charge >= 0.3 is 0 Å². The summed E-state index contributed by atoms with van der Waals surface area (Å²) < 4.78 is 19.2. The molecule has 170 valence electrons. The van der Waals surface area contributed by atoms with Crippen LogP contribution in [0.3, 0.4) is 0 Å². The number of benzene rings is 1. The van der Waals surface area contributed by atoms with Crippen molar-refractivity contribution in [2.24, 2.45) is 10.4 Å². The maximum absolute atomic E-state index is 13.6. The minimum atomic E-state index is -0.370. The fourth-order valence-electron chi connectivity index (χ4n) is 3.76. The van der Waals surface area contributed by atoms with Crippen molar-refractivity contribution in [2.75, 3.05) is 39.9 Å². The predicted octanol–water partition coefficient (Wildman–Crippen LogP) is 3.63. The van der Waals surface area contributed by atoms with Crippen LogP contribution in [0.15, 0.2) is 23.2 Å². The first-order valence-corrected chi connectivity index (χ1v) is 10.6. The molecule has 0 saturated heterocycles. The molecule has 0 heterocycles. The predicted molar refractivity (Wildman–Crippen MR) is 130 cm³/mol. The molecule has 0 radical (unpaired) electrons. The third kappa shape index (κ3) is 8.37. The highest BCUT2D eigenvalue weighted by Crippen LogP contribution is 2.40. The Labute approximate surface area is 196 Å². The van der Waals surface area contributed by atoms with Crippen LogP contribution in [0, 0.1) is 18.2 Å². The molecule has 0 atom stereocenters. The minimum Gasteiger partial charge on any atom is -0.382 e. The Balaban J connectivity index is 0.00000450. The standard InChI is InChI=1S/C22H35FN4O2.HI/c1-4-29-14-11-22(9-5-6-10-22)16-27-21(24-3)26-13-12-25-20(28)18-8-7-17(2)19(23)15-18;/h7-8,15H,4-6,9-14,16H2,1-3H3,(H,25,28)(H2,24,26,27);1H. The number of halogens is 2. The maximum atomic E-state index is 13.6. The lowest BCUT2D eigenvalue weighted by atomic mass is 9.83. The SMILES string of the molecule is CCOCCC1(CNC(=NC)NCCNC(=O)c2ccc(C)c(F)c2)CCCC1.I. The van der Waals surface area contributed by atoms with Crippen LogP contribution in [0.2, 0.25) is 0 Å². The van der Waals surface area contributed by atoms with Gasteiger partial charge in [-0.15, -0.1) is 24.0 Å². The first kappa shape index (κ1) is 26.6. The van der Waals surface area contributed by atoms with E-state index in [1.54, 1.807) is 26.1 Å². The van der Waals surface area contributed by atoms with Crippen LogP contribution in [0.1, 0.15) is 54.9 Å². The Bertz CT molecular complexity index is 694.